The average Bonchev–Trinajstić information content (AvgIpc) is 3.78. The second kappa shape index (κ2) is 14.2. The van der Waals surface area contributed by atoms with Crippen molar-refractivity contribution in [3.8, 4) is 28.1 Å². The molecule has 5 rings (SSSR count). The van der Waals surface area contributed by atoms with Crippen molar-refractivity contribution in [3.05, 3.63) is 54.5 Å². The summed E-state index contributed by atoms with van der Waals surface area (Å²) >= 11 is 0. The van der Waals surface area contributed by atoms with E-state index in [-0.39, 0.29) is 29.6 Å². The number of benzene rings is 2. The van der Waals surface area contributed by atoms with Crippen LogP contribution in [0.25, 0.3) is 22.4 Å². The number of likely N-dealkylation sites (tertiary alicyclic amines) is 1. The Labute approximate surface area is 286 Å². The molecule has 3 heterocycles. The predicted molar refractivity (Wildman–Crippen MR) is 174 cm³/mol. The highest BCUT2D eigenvalue weighted by molar-refractivity contribution is 5.87. The third-order valence-corrected chi connectivity index (χ3v) is 8.05. The standard InChI is InChI=1S/C34H40F3N5O8/c1-19(2)27(41-30(44)46-6)29(43)42-18-33(47-13-14-48-33)16-25(42)28-38-17-24(40-28)21-9-7-20(8-10-21)23-12-11-22(15-26(23)49-34(35,36)37)39-31(45)50-32(3,4)5/h7-12,15,17,19,25,27H,13-14,16,18H2,1-6H3,(H,38,40)(H,39,45)(H,41,44)/t25-,27-/m0/s1. The highest BCUT2D eigenvalue weighted by Crippen LogP contribution is 2.43. The number of aromatic nitrogens is 2. The number of ether oxygens (including phenoxy) is 5. The number of methoxy groups -OCH3 is 1. The van der Waals surface area contributed by atoms with Gasteiger partial charge in [0.1, 0.15) is 23.2 Å². The van der Waals surface area contributed by atoms with Gasteiger partial charge in [-0.1, -0.05) is 38.1 Å². The van der Waals surface area contributed by atoms with Gasteiger partial charge >= 0.3 is 18.5 Å². The maximum Gasteiger partial charge on any atom is 0.573 e. The number of nitrogens with one attached hydrogen (secondary N) is 3. The van der Waals surface area contributed by atoms with Crippen LogP contribution in [0.15, 0.2) is 48.7 Å². The number of imidazole rings is 1. The summed E-state index contributed by atoms with van der Waals surface area (Å²) in [6.07, 6.45) is -4.65. The Balaban J connectivity index is 1.39. The largest absolute Gasteiger partial charge is 0.573 e. The van der Waals surface area contributed by atoms with E-state index in [4.69, 9.17) is 18.9 Å². The van der Waals surface area contributed by atoms with E-state index in [2.05, 4.69) is 25.3 Å². The second-order valence-electron chi connectivity index (χ2n) is 13.3. The summed E-state index contributed by atoms with van der Waals surface area (Å²) in [7, 11) is 1.22. The highest BCUT2D eigenvalue weighted by Gasteiger charge is 2.52. The number of rotatable bonds is 8. The van der Waals surface area contributed by atoms with Crippen molar-refractivity contribution >= 4 is 23.8 Å². The molecule has 1 spiro atoms. The van der Waals surface area contributed by atoms with Gasteiger partial charge in [0.05, 0.1) is 44.8 Å². The lowest BCUT2D eigenvalue weighted by Gasteiger charge is -2.30. The minimum Gasteiger partial charge on any atom is -0.453 e. The number of alkyl halides is 3. The van der Waals surface area contributed by atoms with E-state index in [9.17, 15) is 27.6 Å². The Hall–Kier alpha value is -4.83. The zero-order valence-electron chi connectivity index (χ0n) is 28.5. The Morgan fingerprint density at radius 1 is 1.02 bits per heavy atom. The van der Waals surface area contributed by atoms with Crippen LogP contribution in [0.3, 0.4) is 0 Å². The predicted octanol–water partition coefficient (Wildman–Crippen LogP) is 6.39. The van der Waals surface area contributed by atoms with Gasteiger partial charge in [0.25, 0.3) is 0 Å². The van der Waals surface area contributed by atoms with Gasteiger partial charge < -0.3 is 38.9 Å². The van der Waals surface area contributed by atoms with Gasteiger partial charge in [-0.25, -0.2) is 14.6 Å². The van der Waals surface area contributed by atoms with Gasteiger partial charge in [0.15, 0.2) is 5.79 Å². The fraction of sp³-hybridized carbons (Fsp3) is 0.471. The Morgan fingerprint density at radius 2 is 1.68 bits per heavy atom. The van der Waals surface area contributed by atoms with Crippen LogP contribution in [0.1, 0.15) is 52.9 Å². The molecule has 0 aliphatic carbocycles. The first-order valence-corrected chi connectivity index (χ1v) is 15.9. The van der Waals surface area contributed by atoms with Gasteiger partial charge in [-0.3, -0.25) is 10.1 Å². The van der Waals surface area contributed by atoms with Gasteiger partial charge in [-0.2, -0.15) is 0 Å². The lowest BCUT2D eigenvalue weighted by Crippen LogP contribution is -2.52. The molecule has 2 aromatic carbocycles. The van der Waals surface area contributed by atoms with Crippen LogP contribution in [0.5, 0.6) is 5.75 Å². The molecule has 2 atom stereocenters. The zero-order valence-corrected chi connectivity index (χ0v) is 28.5. The van der Waals surface area contributed by atoms with Crippen LogP contribution >= 0.6 is 0 Å². The van der Waals surface area contributed by atoms with Crippen molar-refractivity contribution in [1.82, 2.24) is 20.2 Å². The van der Waals surface area contributed by atoms with Crippen molar-refractivity contribution < 1.29 is 51.2 Å². The Kier molecular flexibility index (Phi) is 10.3. The molecule has 3 N–H and O–H groups in total. The van der Waals surface area contributed by atoms with Crippen molar-refractivity contribution in [3.63, 3.8) is 0 Å². The van der Waals surface area contributed by atoms with Crippen molar-refractivity contribution in [2.24, 2.45) is 5.92 Å². The molecular weight excluding hydrogens is 663 g/mol. The molecule has 2 fully saturated rings. The zero-order chi connectivity index (χ0) is 36.4. The molecule has 3 amide bonds. The van der Waals surface area contributed by atoms with Crippen LogP contribution in [-0.4, -0.2) is 83.6 Å². The van der Waals surface area contributed by atoms with Crippen LogP contribution in [0.4, 0.5) is 28.4 Å². The molecule has 0 bridgehead atoms. The van der Waals surface area contributed by atoms with Crippen LogP contribution < -0.4 is 15.4 Å². The van der Waals surface area contributed by atoms with E-state index >= 15 is 0 Å². The third-order valence-electron chi connectivity index (χ3n) is 8.05. The number of alkyl carbamates (subject to hydrolysis) is 1. The molecule has 50 heavy (non-hydrogen) atoms. The molecule has 270 valence electrons. The van der Waals surface area contributed by atoms with Crippen molar-refractivity contribution in [1.29, 1.82) is 0 Å². The van der Waals surface area contributed by atoms with Gasteiger partial charge in [-0.15, -0.1) is 13.2 Å². The number of carbonyl (C=O) groups excluding carboxylic acids is 3. The Bertz CT molecular complexity index is 1700. The first kappa shape index (κ1) is 36.5. The number of H-pyrrole nitrogens is 1. The number of aromatic amines is 1. The quantitative estimate of drug-likeness (QED) is 0.242. The first-order valence-electron chi connectivity index (χ1n) is 15.9. The summed E-state index contributed by atoms with van der Waals surface area (Å²) in [4.78, 5) is 47.5. The molecule has 16 heteroatoms. The lowest BCUT2D eigenvalue weighted by molar-refractivity contribution is -0.274. The monoisotopic (exact) mass is 703 g/mol. The number of hydrogen-bond acceptors (Lipinski definition) is 9. The molecule has 2 saturated heterocycles. The van der Waals surface area contributed by atoms with Crippen LogP contribution in [-0.2, 0) is 23.7 Å². The number of anilines is 1. The van der Waals surface area contributed by atoms with E-state index in [1.807, 2.05) is 13.8 Å². The normalized spacial score (nSPS) is 17.9. The van der Waals surface area contributed by atoms with Crippen LogP contribution in [0, 0.1) is 5.92 Å². The van der Waals surface area contributed by atoms with E-state index in [0.29, 0.717) is 42.3 Å². The number of amides is 3. The summed E-state index contributed by atoms with van der Waals surface area (Å²) in [6.45, 7) is 9.48. The van der Waals surface area contributed by atoms with E-state index < -0.39 is 47.8 Å². The number of halogens is 3. The summed E-state index contributed by atoms with van der Waals surface area (Å²) in [6, 6.07) is 9.13. The SMILES string of the molecule is COC(=O)N[C@H](C(=O)N1CC2(C[C@H]1c1ncc(-c3ccc(-c4ccc(NC(=O)OC(C)(C)C)cc4OC(F)(F)F)cc3)[nH]1)OCCO2)C(C)C. The summed E-state index contributed by atoms with van der Waals surface area (Å²) in [5.74, 6) is -1.67. The molecule has 1 aromatic heterocycles. The maximum absolute atomic E-state index is 13.8. The lowest BCUT2D eigenvalue weighted by atomic mass is 10.0. The fourth-order valence-electron chi connectivity index (χ4n) is 5.85. The van der Waals surface area contributed by atoms with Crippen molar-refractivity contribution in [2.45, 2.75) is 70.9 Å². The number of nitrogens with zero attached hydrogens (tertiary/aromatic N) is 2. The summed E-state index contributed by atoms with van der Waals surface area (Å²) < 4.78 is 66.3. The second-order valence-corrected chi connectivity index (χ2v) is 13.3. The molecule has 13 nitrogen and oxygen atoms in total. The fourth-order valence-corrected chi connectivity index (χ4v) is 5.85. The molecular formula is C34H40F3N5O8. The number of hydrogen-bond donors (Lipinski definition) is 3. The smallest absolute Gasteiger partial charge is 0.453 e. The molecule has 0 saturated carbocycles. The Morgan fingerprint density at radius 3 is 2.28 bits per heavy atom. The van der Waals surface area contributed by atoms with Gasteiger partial charge in [0, 0.05) is 23.7 Å². The van der Waals surface area contributed by atoms with Gasteiger partial charge in [-0.05, 0) is 49.9 Å². The summed E-state index contributed by atoms with van der Waals surface area (Å²) in [5, 5.41) is 5.04. The third kappa shape index (κ3) is 8.66. The topological polar surface area (TPSA) is 153 Å². The molecule has 0 radical (unpaired) electrons. The van der Waals surface area contributed by atoms with Crippen molar-refractivity contribution in [2.75, 3.05) is 32.2 Å². The van der Waals surface area contributed by atoms with E-state index in [1.54, 1.807) is 56.1 Å². The number of carbonyl (C=O) groups is 3. The first-order chi connectivity index (χ1) is 23.5. The average molecular weight is 704 g/mol. The van der Waals surface area contributed by atoms with E-state index in [1.165, 1.54) is 19.2 Å². The molecule has 3 aromatic rings. The molecule has 2 aliphatic heterocycles. The minimum absolute atomic E-state index is 0.0549. The van der Waals surface area contributed by atoms with Crippen LogP contribution in [0.2, 0.25) is 0 Å². The maximum atomic E-state index is 13.8. The molecule has 2 aliphatic rings. The van der Waals surface area contributed by atoms with Gasteiger partial charge in [0.2, 0.25) is 5.91 Å². The minimum atomic E-state index is -4.99. The summed E-state index contributed by atoms with van der Waals surface area (Å²) in [5.41, 5.74) is 1.06. The highest BCUT2D eigenvalue weighted by atomic mass is 19.4. The molecule has 0 unspecified atom stereocenters. The van der Waals surface area contributed by atoms with E-state index in [0.717, 1.165) is 6.07 Å².